The van der Waals surface area contributed by atoms with Gasteiger partial charge in [-0.3, -0.25) is 0 Å². The molecule has 1 aliphatic carbocycles. The maximum absolute atomic E-state index is 2.37. The summed E-state index contributed by atoms with van der Waals surface area (Å²) >= 11 is 4.52. The average Bonchev–Trinajstić information content (AvgIpc) is 2.99. The third-order valence-electron chi connectivity index (χ3n) is 5.00. The quantitative estimate of drug-likeness (QED) is 0.398. The molecule has 0 saturated carbocycles. The van der Waals surface area contributed by atoms with Crippen LogP contribution in [0.3, 0.4) is 0 Å². The van der Waals surface area contributed by atoms with Gasteiger partial charge in [0.1, 0.15) is 0 Å². The standard InChI is InChI=1S/C19H35PS2/c1-4-7-14-20(15-8-5-2,16-9-6-3)19-21-17-12-10-11-13-18(17)22-19/h4-16H2,1-3H3. The van der Waals surface area contributed by atoms with Gasteiger partial charge in [-0.15, -0.1) is 22.7 Å². The van der Waals surface area contributed by atoms with Crippen LogP contribution in [0.5, 0.6) is 0 Å². The molecule has 0 aliphatic heterocycles. The zero-order chi connectivity index (χ0) is 15.8. The summed E-state index contributed by atoms with van der Waals surface area (Å²) in [6.07, 6.45) is 18.7. The lowest BCUT2D eigenvalue weighted by Crippen LogP contribution is -2.01. The van der Waals surface area contributed by atoms with E-state index in [1.165, 1.54) is 64.2 Å². The predicted molar refractivity (Wildman–Crippen MR) is 108 cm³/mol. The van der Waals surface area contributed by atoms with E-state index in [1.807, 2.05) is 3.57 Å². The Morgan fingerprint density at radius 3 is 1.50 bits per heavy atom. The Labute approximate surface area is 146 Å². The second-order valence-corrected chi connectivity index (χ2v) is 14.1. The zero-order valence-electron chi connectivity index (χ0n) is 15.0. The molecular formula is C19H35PS2. The van der Waals surface area contributed by atoms with Gasteiger partial charge >= 0.3 is 0 Å². The molecule has 0 atom stereocenters. The van der Waals surface area contributed by atoms with Crippen molar-refractivity contribution in [1.29, 1.82) is 0 Å². The van der Waals surface area contributed by atoms with Gasteiger partial charge in [0.15, 0.2) is 0 Å². The Morgan fingerprint density at radius 1 is 0.727 bits per heavy atom. The van der Waals surface area contributed by atoms with Gasteiger partial charge in [0, 0.05) is 9.75 Å². The number of fused-ring (bicyclic) bond motifs is 1. The van der Waals surface area contributed by atoms with E-state index < -0.39 is 6.89 Å². The van der Waals surface area contributed by atoms with Crippen molar-refractivity contribution in [1.82, 2.24) is 0 Å². The normalized spacial score (nSPS) is 15.0. The molecule has 0 saturated heterocycles. The number of hydrogen-bond acceptors (Lipinski definition) is 2. The molecule has 128 valence electrons. The van der Waals surface area contributed by atoms with Crippen molar-refractivity contribution in [3.63, 3.8) is 0 Å². The molecule has 1 aromatic rings. The first-order chi connectivity index (χ1) is 10.8. The first-order valence-electron chi connectivity index (χ1n) is 9.57. The molecule has 3 heteroatoms. The summed E-state index contributed by atoms with van der Waals surface area (Å²) in [6.45, 7) is 6.25. The summed E-state index contributed by atoms with van der Waals surface area (Å²) in [5, 5.41) is 0. The first kappa shape index (κ1) is 18.8. The fourth-order valence-electron chi connectivity index (χ4n) is 3.48. The van der Waals surface area contributed by atoms with Crippen molar-refractivity contribution in [3.8, 4) is 0 Å². The highest BCUT2D eigenvalue weighted by atomic mass is 32.2. The summed E-state index contributed by atoms with van der Waals surface area (Å²) in [4.78, 5) is 3.56. The highest BCUT2D eigenvalue weighted by molar-refractivity contribution is 7.73. The molecule has 0 bridgehead atoms. The molecular weight excluding hydrogens is 323 g/mol. The molecule has 22 heavy (non-hydrogen) atoms. The maximum Gasteiger partial charge on any atom is 0.0757 e. The van der Waals surface area contributed by atoms with Crippen molar-refractivity contribution in [2.45, 2.75) is 85.0 Å². The van der Waals surface area contributed by atoms with Gasteiger partial charge in [-0.25, -0.2) is 0 Å². The van der Waals surface area contributed by atoms with Crippen LogP contribution in [0.4, 0.5) is 0 Å². The molecule has 1 aliphatic rings. The molecule has 1 aromatic heterocycles. The monoisotopic (exact) mass is 358 g/mol. The molecule has 0 nitrogen and oxygen atoms in total. The Balaban J connectivity index is 2.46. The molecule has 0 amide bonds. The van der Waals surface area contributed by atoms with Gasteiger partial charge < -0.3 is 0 Å². The van der Waals surface area contributed by atoms with E-state index in [1.54, 1.807) is 28.2 Å². The van der Waals surface area contributed by atoms with Gasteiger partial charge in [-0.1, -0.05) is 46.9 Å². The minimum atomic E-state index is -0.866. The lowest BCUT2D eigenvalue weighted by molar-refractivity contribution is 0.705. The van der Waals surface area contributed by atoms with Crippen molar-refractivity contribution >= 4 is 29.6 Å². The van der Waals surface area contributed by atoms with Crippen LogP contribution >= 0.6 is 29.6 Å². The third kappa shape index (κ3) is 4.74. The Kier molecular flexibility index (Phi) is 8.29. The first-order valence-corrected chi connectivity index (χ1v) is 13.5. The van der Waals surface area contributed by atoms with Gasteiger partial charge in [-0.2, -0.15) is 0 Å². The van der Waals surface area contributed by atoms with Crippen molar-refractivity contribution < 1.29 is 0 Å². The summed E-state index contributed by atoms with van der Waals surface area (Å²) in [5.74, 6) is 0. The average molecular weight is 359 g/mol. The van der Waals surface area contributed by atoms with E-state index in [-0.39, 0.29) is 0 Å². The van der Waals surface area contributed by atoms with E-state index >= 15 is 0 Å². The van der Waals surface area contributed by atoms with Crippen LogP contribution in [0.2, 0.25) is 0 Å². The van der Waals surface area contributed by atoms with Crippen LogP contribution < -0.4 is 0 Å². The molecule has 1 heterocycles. The van der Waals surface area contributed by atoms with Crippen molar-refractivity contribution in [2.75, 3.05) is 18.5 Å². The van der Waals surface area contributed by atoms with E-state index in [4.69, 9.17) is 0 Å². The van der Waals surface area contributed by atoms with Crippen LogP contribution in [0.25, 0.3) is 0 Å². The lowest BCUT2D eigenvalue weighted by Gasteiger charge is -2.25. The Hall–Kier alpha value is 0.480. The largest absolute Gasteiger partial charge is 0.129 e. The van der Waals surface area contributed by atoms with Gasteiger partial charge in [0.25, 0.3) is 0 Å². The summed E-state index contributed by atoms with van der Waals surface area (Å²) in [7, 11) is 0. The van der Waals surface area contributed by atoms with E-state index in [9.17, 15) is 0 Å². The molecule has 0 fully saturated rings. The number of hydrogen-bond donors (Lipinski definition) is 0. The van der Waals surface area contributed by atoms with Crippen LogP contribution in [-0.4, -0.2) is 18.5 Å². The SMILES string of the molecule is CCCCP(CCCC)(CCCC)=c1sc2c(s1)CCCC2. The smallest absolute Gasteiger partial charge is 0.0757 e. The van der Waals surface area contributed by atoms with Crippen LogP contribution in [0, 0.1) is 3.57 Å². The van der Waals surface area contributed by atoms with Gasteiger partial charge in [0.05, 0.1) is 3.57 Å². The number of aryl methyl sites for hydroxylation is 2. The van der Waals surface area contributed by atoms with E-state index in [0.29, 0.717) is 0 Å². The maximum atomic E-state index is 2.37. The lowest BCUT2D eigenvalue weighted by atomic mass is 10.1. The highest BCUT2D eigenvalue weighted by Gasteiger charge is 2.21. The molecule has 0 spiro atoms. The molecule has 0 aromatic carbocycles. The fourth-order valence-corrected chi connectivity index (χ4v) is 13.7. The Morgan fingerprint density at radius 2 is 1.14 bits per heavy atom. The van der Waals surface area contributed by atoms with Gasteiger partial charge in [0.2, 0.25) is 0 Å². The minimum absolute atomic E-state index is 0.866. The van der Waals surface area contributed by atoms with Crippen molar-refractivity contribution in [3.05, 3.63) is 13.3 Å². The second kappa shape index (κ2) is 9.70. The number of rotatable bonds is 9. The molecule has 0 radical (unpaired) electrons. The van der Waals surface area contributed by atoms with Crippen LogP contribution in [0.15, 0.2) is 0 Å². The fraction of sp³-hybridized carbons (Fsp3) is 0.842. The zero-order valence-corrected chi connectivity index (χ0v) is 17.5. The minimum Gasteiger partial charge on any atom is -0.129 e. The number of unbranched alkanes of at least 4 members (excludes halogenated alkanes) is 3. The highest BCUT2D eigenvalue weighted by Crippen LogP contribution is 2.56. The van der Waals surface area contributed by atoms with Crippen LogP contribution in [-0.2, 0) is 12.8 Å². The summed E-state index contributed by atoms with van der Waals surface area (Å²) < 4.78 is 1.91. The van der Waals surface area contributed by atoms with Crippen LogP contribution in [0.1, 0.15) is 81.9 Å². The van der Waals surface area contributed by atoms with E-state index in [0.717, 1.165) is 0 Å². The predicted octanol–water partition coefficient (Wildman–Crippen LogP) is 7.64. The van der Waals surface area contributed by atoms with Gasteiger partial charge in [-0.05, 0) is 63.4 Å². The Bertz CT molecular complexity index is 469. The summed E-state index contributed by atoms with van der Waals surface area (Å²) in [6, 6.07) is 0. The summed E-state index contributed by atoms with van der Waals surface area (Å²) in [5.41, 5.74) is 0. The second-order valence-electron chi connectivity index (χ2n) is 6.90. The third-order valence-corrected chi connectivity index (χ3v) is 14.5. The molecule has 2 rings (SSSR count). The van der Waals surface area contributed by atoms with E-state index in [2.05, 4.69) is 43.4 Å². The topological polar surface area (TPSA) is 0 Å². The molecule has 0 unspecified atom stereocenters. The molecule has 0 N–H and O–H groups in total. The van der Waals surface area contributed by atoms with Crippen molar-refractivity contribution in [2.24, 2.45) is 0 Å².